The highest BCUT2D eigenvalue weighted by atomic mass is 16.7. The number of hydrogen-bond donors (Lipinski definition) is 1. The van der Waals surface area contributed by atoms with Crippen molar-refractivity contribution in [1.82, 2.24) is 10.2 Å². The Morgan fingerprint density at radius 1 is 1.12 bits per heavy atom. The van der Waals surface area contributed by atoms with Crippen LogP contribution >= 0.6 is 0 Å². The van der Waals surface area contributed by atoms with Gasteiger partial charge in [0.15, 0.2) is 11.5 Å². The lowest BCUT2D eigenvalue weighted by molar-refractivity contribution is -0.116. The number of aromatic nitrogens is 2. The van der Waals surface area contributed by atoms with Gasteiger partial charge in [0.25, 0.3) is 0 Å². The maximum Gasteiger partial charge on any atom is 0.247 e. The summed E-state index contributed by atoms with van der Waals surface area (Å²) in [6.07, 6.45) is 0.610. The Kier molecular flexibility index (Phi) is 4.27. The molecule has 26 heavy (non-hydrogen) atoms. The van der Waals surface area contributed by atoms with Gasteiger partial charge in [0, 0.05) is 30.2 Å². The molecule has 0 saturated heterocycles. The van der Waals surface area contributed by atoms with E-state index in [0.29, 0.717) is 35.4 Å². The van der Waals surface area contributed by atoms with E-state index in [1.54, 1.807) is 18.2 Å². The molecule has 132 valence electrons. The molecule has 1 amide bonds. The molecule has 1 N–H and O–H groups in total. The Labute approximate surface area is 150 Å². The Morgan fingerprint density at radius 3 is 2.85 bits per heavy atom. The lowest BCUT2D eigenvalue weighted by Crippen LogP contribution is -2.12. The van der Waals surface area contributed by atoms with Crippen LogP contribution in [0.3, 0.4) is 0 Å². The number of carbonyl (C=O) groups excluding carboxylic acids is 1. The first-order chi connectivity index (χ1) is 12.7. The molecule has 0 fully saturated rings. The zero-order chi connectivity index (χ0) is 17.9. The summed E-state index contributed by atoms with van der Waals surface area (Å²) in [6, 6.07) is 13.1. The molecule has 0 aliphatic carbocycles. The van der Waals surface area contributed by atoms with Crippen LogP contribution in [-0.2, 0) is 11.2 Å². The van der Waals surface area contributed by atoms with E-state index in [1.165, 1.54) is 0 Å². The van der Waals surface area contributed by atoms with Gasteiger partial charge in [-0.25, -0.2) is 0 Å². The van der Waals surface area contributed by atoms with E-state index in [2.05, 4.69) is 15.5 Å². The van der Waals surface area contributed by atoms with Crippen LogP contribution in [0.5, 0.6) is 11.5 Å². The lowest BCUT2D eigenvalue weighted by Gasteiger charge is -2.05. The van der Waals surface area contributed by atoms with E-state index >= 15 is 0 Å². The topological polar surface area (TPSA) is 86.5 Å². The van der Waals surface area contributed by atoms with Gasteiger partial charge in [-0.1, -0.05) is 18.2 Å². The minimum absolute atomic E-state index is 0.139. The van der Waals surface area contributed by atoms with Crippen molar-refractivity contribution >= 4 is 11.6 Å². The molecule has 2 aromatic carbocycles. The molecule has 7 heteroatoms. The molecule has 1 aliphatic rings. The third-order valence-corrected chi connectivity index (χ3v) is 4.06. The monoisotopic (exact) mass is 351 g/mol. The van der Waals surface area contributed by atoms with Crippen molar-refractivity contribution in [2.24, 2.45) is 0 Å². The van der Waals surface area contributed by atoms with Gasteiger partial charge in [-0.15, -0.1) is 10.2 Å². The summed E-state index contributed by atoms with van der Waals surface area (Å²) >= 11 is 0. The first-order valence-corrected chi connectivity index (χ1v) is 8.27. The summed E-state index contributed by atoms with van der Waals surface area (Å²) < 4.78 is 16.2. The Bertz CT molecular complexity index is 951. The molecule has 7 nitrogen and oxygen atoms in total. The average Bonchev–Trinajstić information content (AvgIpc) is 3.29. The number of ether oxygens (including phenoxy) is 2. The number of anilines is 1. The molecule has 0 spiro atoms. The molecule has 1 aliphatic heterocycles. The first kappa shape index (κ1) is 16.1. The number of benzene rings is 2. The van der Waals surface area contributed by atoms with Crippen LogP contribution in [0.25, 0.3) is 11.5 Å². The van der Waals surface area contributed by atoms with E-state index in [9.17, 15) is 4.79 Å². The van der Waals surface area contributed by atoms with Crippen LogP contribution in [0.4, 0.5) is 5.69 Å². The van der Waals surface area contributed by atoms with Gasteiger partial charge in [0.2, 0.25) is 24.5 Å². The van der Waals surface area contributed by atoms with Gasteiger partial charge < -0.3 is 19.2 Å². The van der Waals surface area contributed by atoms with Gasteiger partial charge in [0.05, 0.1) is 0 Å². The van der Waals surface area contributed by atoms with Gasteiger partial charge >= 0.3 is 0 Å². The number of fused-ring (bicyclic) bond motifs is 1. The average molecular weight is 351 g/mol. The van der Waals surface area contributed by atoms with Gasteiger partial charge in [-0.05, 0) is 30.7 Å². The predicted octanol–water partition coefficient (Wildman–Crippen LogP) is 3.35. The van der Waals surface area contributed by atoms with Gasteiger partial charge in [-0.3, -0.25) is 4.79 Å². The van der Waals surface area contributed by atoms with Crippen LogP contribution in [0.2, 0.25) is 0 Å². The number of aryl methyl sites for hydroxylation is 2. The summed E-state index contributed by atoms with van der Waals surface area (Å²) in [5.41, 5.74) is 2.62. The standard InChI is InChI=1S/C19H17N3O4/c1-12-4-2-3-5-14(12)19-22-21-18(26-19)9-8-17(23)20-13-6-7-15-16(10-13)25-11-24-15/h2-7,10H,8-9,11H2,1H3,(H,20,23). The summed E-state index contributed by atoms with van der Waals surface area (Å²) in [6.45, 7) is 2.19. The molecule has 1 aromatic heterocycles. The summed E-state index contributed by atoms with van der Waals surface area (Å²) in [4.78, 5) is 12.1. The molecular formula is C19H17N3O4. The number of amides is 1. The molecule has 0 bridgehead atoms. The number of hydrogen-bond acceptors (Lipinski definition) is 6. The largest absolute Gasteiger partial charge is 0.454 e. The van der Waals surface area contributed by atoms with Crippen LogP contribution in [-0.4, -0.2) is 22.9 Å². The molecule has 0 saturated carbocycles. The number of carbonyl (C=O) groups is 1. The molecule has 3 aromatic rings. The van der Waals surface area contributed by atoms with Crippen LogP contribution in [0.15, 0.2) is 46.9 Å². The van der Waals surface area contributed by atoms with Crippen LogP contribution < -0.4 is 14.8 Å². The van der Waals surface area contributed by atoms with E-state index < -0.39 is 0 Å². The highest BCUT2D eigenvalue weighted by molar-refractivity contribution is 5.91. The molecule has 0 atom stereocenters. The zero-order valence-electron chi connectivity index (χ0n) is 14.2. The lowest BCUT2D eigenvalue weighted by atomic mass is 10.1. The fourth-order valence-corrected chi connectivity index (χ4v) is 2.69. The van der Waals surface area contributed by atoms with Crippen molar-refractivity contribution in [2.45, 2.75) is 19.8 Å². The maximum absolute atomic E-state index is 12.1. The zero-order valence-corrected chi connectivity index (χ0v) is 14.2. The number of nitrogens with zero attached hydrogens (tertiary/aromatic N) is 2. The second-order valence-electron chi connectivity index (χ2n) is 5.93. The normalized spacial score (nSPS) is 12.2. The summed E-state index contributed by atoms with van der Waals surface area (Å²) in [5, 5.41) is 10.9. The van der Waals surface area contributed by atoms with Crippen molar-refractivity contribution in [3.05, 3.63) is 53.9 Å². The van der Waals surface area contributed by atoms with Crippen molar-refractivity contribution in [3.8, 4) is 23.0 Å². The second-order valence-corrected chi connectivity index (χ2v) is 5.93. The summed E-state index contributed by atoms with van der Waals surface area (Å²) in [7, 11) is 0. The first-order valence-electron chi connectivity index (χ1n) is 8.27. The van der Waals surface area contributed by atoms with Gasteiger partial charge in [0.1, 0.15) is 0 Å². The SMILES string of the molecule is Cc1ccccc1-c1nnc(CCC(=O)Nc2ccc3c(c2)OCO3)o1. The second kappa shape index (κ2) is 6.87. The minimum Gasteiger partial charge on any atom is -0.454 e. The van der Waals surface area contributed by atoms with Crippen molar-refractivity contribution in [2.75, 3.05) is 12.1 Å². The molecular weight excluding hydrogens is 334 g/mol. The van der Waals surface area contributed by atoms with E-state index in [0.717, 1.165) is 11.1 Å². The third kappa shape index (κ3) is 3.37. The van der Waals surface area contributed by atoms with E-state index in [-0.39, 0.29) is 19.1 Å². The smallest absolute Gasteiger partial charge is 0.247 e. The highest BCUT2D eigenvalue weighted by Crippen LogP contribution is 2.34. The van der Waals surface area contributed by atoms with Crippen molar-refractivity contribution in [1.29, 1.82) is 0 Å². The number of nitrogens with one attached hydrogen (secondary N) is 1. The molecule has 0 radical (unpaired) electrons. The Morgan fingerprint density at radius 2 is 1.96 bits per heavy atom. The molecule has 2 heterocycles. The van der Waals surface area contributed by atoms with Gasteiger partial charge in [-0.2, -0.15) is 0 Å². The van der Waals surface area contributed by atoms with E-state index in [1.807, 2.05) is 31.2 Å². The highest BCUT2D eigenvalue weighted by Gasteiger charge is 2.15. The van der Waals surface area contributed by atoms with E-state index in [4.69, 9.17) is 13.9 Å². The van der Waals surface area contributed by atoms with Crippen LogP contribution in [0.1, 0.15) is 17.9 Å². The molecule has 4 rings (SSSR count). The summed E-state index contributed by atoms with van der Waals surface area (Å²) in [5.74, 6) is 2.07. The maximum atomic E-state index is 12.1. The predicted molar refractivity (Wildman–Crippen MR) is 94.0 cm³/mol. The minimum atomic E-state index is -0.139. The van der Waals surface area contributed by atoms with Crippen molar-refractivity contribution in [3.63, 3.8) is 0 Å². The fraction of sp³-hybridized carbons (Fsp3) is 0.211. The van der Waals surface area contributed by atoms with Crippen molar-refractivity contribution < 1.29 is 18.7 Å². The van der Waals surface area contributed by atoms with Crippen LogP contribution in [0, 0.1) is 6.92 Å². The Hall–Kier alpha value is -3.35. The molecule has 0 unspecified atom stereocenters. The third-order valence-electron chi connectivity index (χ3n) is 4.06. The quantitative estimate of drug-likeness (QED) is 0.759. The fourth-order valence-electron chi connectivity index (χ4n) is 2.69. The number of rotatable bonds is 5. The Balaban J connectivity index is 1.36.